The Balaban J connectivity index is 1.74. The maximum atomic E-state index is 13.0. The number of carbonyl (C=O) groups is 1. The largest absolute Gasteiger partial charge is 0.320 e. The predicted octanol–water partition coefficient (Wildman–Crippen LogP) is 4.82. The van der Waals surface area contributed by atoms with E-state index in [4.69, 9.17) is 0 Å². The number of nitrogens with zero attached hydrogens (tertiary/aromatic N) is 2. The molecule has 2 aromatic carbocycles. The smallest absolute Gasteiger partial charge is 0.276 e. The maximum Gasteiger partial charge on any atom is 0.276 e. The van der Waals surface area contributed by atoms with Crippen LogP contribution in [0.1, 0.15) is 34.1 Å². The maximum absolute atomic E-state index is 13.0. The van der Waals surface area contributed by atoms with Crippen molar-refractivity contribution in [2.75, 3.05) is 5.32 Å². The number of carbonyl (C=O) groups excluding carboxylic acids is 1. The van der Waals surface area contributed by atoms with E-state index >= 15 is 0 Å². The van der Waals surface area contributed by atoms with Gasteiger partial charge in [-0.1, -0.05) is 36.8 Å². The fraction of sp³-hybridized carbons (Fsp3) is 0.238. The Kier molecular flexibility index (Phi) is 4.32. The van der Waals surface area contributed by atoms with Crippen LogP contribution in [0.25, 0.3) is 11.3 Å². The van der Waals surface area contributed by atoms with Gasteiger partial charge in [-0.2, -0.15) is 5.10 Å². The van der Waals surface area contributed by atoms with Gasteiger partial charge in [-0.25, -0.2) is 0 Å². The highest BCUT2D eigenvalue weighted by Gasteiger charge is 2.28. The molecule has 0 atom stereocenters. The van der Waals surface area contributed by atoms with Crippen LogP contribution >= 0.6 is 11.8 Å². The van der Waals surface area contributed by atoms with Crippen LogP contribution in [0.3, 0.4) is 0 Å². The zero-order valence-corrected chi connectivity index (χ0v) is 16.0. The quantitative estimate of drug-likeness (QED) is 0.726. The number of hydrogen-bond acceptors (Lipinski definition) is 3. The number of amides is 1. The molecule has 0 radical (unpaired) electrons. The van der Waals surface area contributed by atoms with Crippen LogP contribution in [-0.4, -0.2) is 15.7 Å². The molecule has 0 bridgehead atoms. The molecular weight excluding hydrogens is 342 g/mol. The van der Waals surface area contributed by atoms with E-state index in [1.807, 2.05) is 36.0 Å². The van der Waals surface area contributed by atoms with Crippen molar-refractivity contribution in [2.24, 2.45) is 7.05 Å². The predicted molar refractivity (Wildman–Crippen MR) is 107 cm³/mol. The molecule has 1 aliphatic heterocycles. The summed E-state index contributed by atoms with van der Waals surface area (Å²) in [4.78, 5) is 14.2. The van der Waals surface area contributed by atoms with Crippen molar-refractivity contribution in [3.63, 3.8) is 0 Å². The molecule has 5 heteroatoms. The van der Waals surface area contributed by atoms with Crippen molar-refractivity contribution in [2.45, 2.75) is 30.9 Å². The van der Waals surface area contributed by atoms with E-state index in [1.165, 1.54) is 16.0 Å². The summed E-state index contributed by atoms with van der Waals surface area (Å²) in [6.45, 7) is 4.18. The number of fused-ring (bicyclic) bond motifs is 3. The number of benzene rings is 2. The summed E-state index contributed by atoms with van der Waals surface area (Å²) in [5, 5.41) is 7.62. The lowest BCUT2D eigenvalue weighted by Gasteiger charge is -2.18. The standard InChI is InChI=1S/C21H21N3OS/c1-4-14-7-5-6-8-17(14)22-21(25)19-16-12-26-18-10-9-13(2)11-15(18)20(16)24(3)23-19/h5-11H,4,12H2,1-3H3,(H,22,25). The molecule has 0 saturated heterocycles. The molecule has 0 spiro atoms. The van der Waals surface area contributed by atoms with E-state index in [0.717, 1.165) is 34.7 Å². The second-order valence-electron chi connectivity index (χ2n) is 6.55. The highest BCUT2D eigenvalue weighted by molar-refractivity contribution is 7.98. The summed E-state index contributed by atoms with van der Waals surface area (Å²) in [5.41, 5.74) is 6.95. The van der Waals surface area contributed by atoms with Crippen molar-refractivity contribution in [3.8, 4) is 11.3 Å². The zero-order chi connectivity index (χ0) is 18.3. The van der Waals surface area contributed by atoms with Gasteiger partial charge in [0.05, 0.1) is 5.69 Å². The minimum Gasteiger partial charge on any atom is -0.320 e. The monoisotopic (exact) mass is 363 g/mol. The van der Waals surface area contributed by atoms with E-state index in [0.29, 0.717) is 5.69 Å². The molecule has 1 aliphatic rings. The zero-order valence-electron chi connectivity index (χ0n) is 15.2. The van der Waals surface area contributed by atoms with Gasteiger partial charge in [0, 0.05) is 34.5 Å². The van der Waals surface area contributed by atoms with E-state index in [-0.39, 0.29) is 5.91 Å². The van der Waals surface area contributed by atoms with Crippen molar-refractivity contribution in [1.82, 2.24) is 9.78 Å². The number of aromatic nitrogens is 2. The third-order valence-corrected chi connectivity index (χ3v) is 5.87. The summed E-state index contributed by atoms with van der Waals surface area (Å²) in [7, 11) is 1.91. The molecule has 4 nitrogen and oxygen atoms in total. The topological polar surface area (TPSA) is 46.9 Å². The number of nitrogens with one attached hydrogen (secondary N) is 1. The van der Waals surface area contributed by atoms with Crippen LogP contribution in [0.5, 0.6) is 0 Å². The molecule has 0 aliphatic carbocycles. The average molecular weight is 363 g/mol. The third-order valence-electron chi connectivity index (χ3n) is 4.77. The molecule has 0 saturated carbocycles. The molecule has 26 heavy (non-hydrogen) atoms. The molecule has 1 N–H and O–H groups in total. The molecule has 4 rings (SSSR count). The van der Waals surface area contributed by atoms with Crippen molar-refractivity contribution >= 4 is 23.4 Å². The third kappa shape index (κ3) is 2.82. The Morgan fingerprint density at radius 1 is 1.27 bits per heavy atom. The molecule has 3 aromatic rings. The highest BCUT2D eigenvalue weighted by Crippen LogP contribution is 2.43. The Hall–Kier alpha value is -2.53. The van der Waals surface area contributed by atoms with Gasteiger partial charge in [0.2, 0.25) is 0 Å². The summed E-state index contributed by atoms with van der Waals surface area (Å²) < 4.78 is 1.84. The van der Waals surface area contributed by atoms with Crippen LogP contribution in [0.2, 0.25) is 0 Å². The molecule has 2 heterocycles. The summed E-state index contributed by atoms with van der Waals surface area (Å²) in [5.74, 6) is 0.622. The second-order valence-corrected chi connectivity index (χ2v) is 7.57. The number of thioether (sulfide) groups is 1. The van der Waals surface area contributed by atoms with E-state index < -0.39 is 0 Å². The van der Waals surface area contributed by atoms with Gasteiger partial charge in [0.15, 0.2) is 5.69 Å². The molecule has 132 valence electrons. The second kappa shape index (κ2) is 6.65. The normalized spacial score (nSPS) is 12.4. The van der Waals surface area contributed by atoms with E-state index in [2.05, 4.69) is 42.5 Å². The first kappa shape index (κ1) is 16.9. The highest BCUT2D eigenvalue weighted by atomic mass is 32.2. The van der Waals surface area contributed by atoms with Gasteiger partial charge in [0.25, 0.3) is 5.91 Å². The minimum absolute atomic E-state index is 0.139. The first-order valence-corrected chi connectivity index (χ1v) is 9.76. The SMILES string of the molecule is CCc1ccccc1NC(=O)c1nn(C)c2c1CSc1ccc(C)cc1-2. The van der Waals surface area contributed by atoms with Crippen LogP contribution in [0, 0.1) is 6.92 Å². The lowest BCUT2D eigenvalue weighted by Crippen LogP contribution is -2.16. The van der Waals surface area contributed by atoms with Crippen LogP contribution in [0.4, 0.5) is 5.69 Å². The molecular formula is C21H21N3OS. The number of aryl methyl sites for hydroxylation is 3. The average Bonchev–Trinajstić information content (AvgIpc) is 2.99. The van der Waals surface area contributed by atoms with Gasteiger partial charge in [-0.3, -0.25) is 9.48 Å². The van der Waals surface area contributed by atoms with E-state index in [9.17, 15) is 4.79 Å². The number of para-hydroxylation sites is 1. The Bertz CT molecular complexity index is 1010. The van der Waals surface area contributed by atoms with E-state index in [1.54, 1.807) is 11.8 Å². The van der Waals surface area contributed by atoms with Gasteiger partial charge in [0.1, 0.15) is 0 Å². The number of rotatable bonds is 3. The van der Waals surface area contributed by atoms with Gasteiger partial charge >= 0.3 is 0 Å². The lowest BCUT2D eigenvalue weighted by atomic mass is 10.0. The number of anilines is 1. The lowest BCUT2D eigenvalue weighted by molar-refractivity contribution is 0.102. The minimum atomic E-state index is -0.139. The molecule has 1 amide bonds. The molecule has 0 fully saturated rings. The Labute approximate surface area is 157 Å². The Morgan fingerprint density at radius 2 is 2.08 bits per heavy atom. The molecule has 1 aromatic heterocycles. The summed E-state index contributed by atoms with van der Waals surface area (Å²) in [6, 6.07) is 14.4. The van der Waals surface area contributed by atoms with Gasteiger partial charge < -0.3 is 5.32 Å². The Morgan fingerprint density at radius 3 is 2.88 bits per heavy atom. The summed E-state index contributed by atoms with van der Waals surface area (Å²) in [6.07, 6.45) is 0.874. The first-order chi connectivity index (χ1) is 12.6. The van der Waals surface area contributed by atoms with Crippen LogP contribution in [-0.2, 0) is 19.2 Å². The number of hydrogen-bond donors (Lipinski definition) is 1. The van der Waals surface area contributed by atoms with Crippen molar-refractivity contribution < 1.29 is 4.79 Å². The molecule has 0 unspecified atom stereocenters. The van der Waals surface area contributed by atoms with Crippen LogP contribution < -0.4 is 5.32 Å². The van der Waals surface area contributed by atoms with Gasteiger partial charge in [-0.05, 0) is 37.1 Å². The fourth-order valence-electron chi connectivity index (χ4n) is 3.46. The fourth-order valence-corrected chi connectivity index (χ4v) is 4.51. The van der Waals surface area contributed by atoms with Crippen molar-refractivity contribution in [1.29, 1.82) is 0 Å². The first-order valence-electron chi connectivity index (χ1n) is 8.77. The van der Waals surface area contributed by atoms with Crippen molar-refractivity contribution in [3.05, 3.63) is 64.8 Å². The van der Waals surface area contributed by atoms with Gasteiger partial charge in [-0.15, -0.1) is 11.8 Å². The van der Waals surface area contributed by atoms with Crippen LogP contribution in [0.15, 0.2) is 47.4 Å². The summed E-state index contributed by atoms with van der Waals surface area (Å²) >= 11 is 1.77.